The summed E-state index contributed by atoms with van der Waals surface area (Å²) >= 11 is 0. The van der Waals surface area contributed by atoms with Crippen molar-refractivity contribution < 1.29 is 18.0 Å². The van der Waals surface area contributed by atoms with E-state index in [9.17, 15) is 18.0 Å². The van der Waals surface area contributed by atoms with Crippen LogP contribution in [-0.4, -0.2) is 24.0 Å². The number of likely N-dealkylation sites (tertiary alicyclic amines) is 1. The highest BCUT2D eigenvalue weighted by Crippen LogP contribution is 2.30. The van der Waals surface area contributed by atoms with E-state index in [0.29, 0.717) is 19.0 Å². The zero-order chi connectivity index (χ0) is 14.8. The van der Waals surface area contributed by atoms with Gasteiger partial charge in [0.15, 0.2) is 0 Å². The molecule has 0 spiro atoms. The number of carbonyl (C=O) groups excluding carboxylic acids is 1. The minimum atomic E-state index is -4.40. The first-order valence-electron chi connectivity index (χ1n) is 6.59. The van der Waals surface area contributed by atoms with Crippen LogP contribution in [0.25, 0.3) is 0 Å². The van der Waals surface area contributed by atoms with Gasteiger partial charge in [-0.1, -0.05) is 13.0 Å². The number of nitrogens with zero attached hydrogens (tertiary/aromatic N) is 1. The fraction of sp³-hybridized carbons (Fsp3) is 0.500. The van der Waals surface area contributed by atoms with Crippen LogP contribution in [0.5, 0.6) is 0 Å². The summed E-state index contributed by atoms with van der Waals surface area (Å²) < 4.78 is 37.7. The zero-order valence-electron chi connectivity index (χ0n) is 11.2. The molecule has 2 amide bonds. The Kier molecular flexibility index (Phi) is 4.20. The van der Waals surface area contributed by atoms with Gasteiger partial charge in [0.25, 0.3) is 0 Å². The van der Waals surface area contributed by atoms with Crippen molar-refractivity contribution in [1.82, 2.24) is 4.90 Å². The molecule has 1 N–H and O–H groups in total. The highest BCUT2D eigenvalue weighted by atomic mass is 19.4. The molecular weight excluding hydrogens is 269 g/mol. The summed E-state index contributed by atoms with van der Waals surface area (Å²) in [6, 6.07) is 4.34. The second-order valence-corrected chi connectivity index (χ2v) is 5.18. The van der Waals surface area contributed by atoms with Crippen molar-refractivity contribution in [3.63, 3.8) is 0 Å². The van der Waals surface area contributed by atoms with Gasteiger partial charge < -0.3 is 10.2 Å². The summed E-state index contributed by atoms with van der Waals surface area (Å²) in [7, 11) is 0. The van der Waals surface area contributed by atoms with E-state index >= 15 is 0 Å². The largest absolute Gasteiger partial charge is 0.416 e. The maximum Gasteiger partial charge on any atom is 0.416 e. The average Bonchev–Trinajstić information content (AvgIpc) is 2.38. The molecule has 110 valence electrons. The Morgan fingerprint density at radius 2 is 1.95 bits per heavy atom. The summed E-state index contributed by atoms with van der Waals surface area (Å²) in [4.78, 5) is 13.6. The first kappa shape index (κ1) is 14.7. The van der Waals surface area contributed by atoms with E-state index < -0.39 is 11.7 Å². The highest BCUT2D eigenvalue weighted by molar-refractivity contribution is 5.89. The van der Waals surface area contributed by atoms with Crippen molar-refractivity contribution in [3.8, 4) is 0 Å². The molecule has 6 heteroatoms. The molecule has 1 aromatic carbocycles. The summed E-state index contributed by atoms with van der Waals surface area (Å²) in [5, 5.41) is 2.53. The highest BCUT2D eigenvalue weighted by Gasteiger charge is 2.30. The van der Waals surface area contributed by atoms with E-state index in [4.69, 9.17) is 0 Å². The topological polar surface area (TPSA) is 32.3 Å². The van der Waals surface area contributed by atoms with Crippen LogP contribution in [0.3, 0.4) is 0 Å². The molecule has 1 aromatic rings. The van der Waals surface area contributed by atoms with Crippen LogP contribution in [0.2, 0.25) is 0 Å². The number of hydrogen-bond acceptors (Lipinski definition) is 1. The normalized spacial score (nSPS) is 17.1. The number of halogens is 3. The summed E-state index contributed by atoms with van der Waals surface area (Å²) in [5.41, 5.74) is -0.592. The van der Waals surface area contributed by atoms with Gasteiger partial charge in [-0.2, -0.15) is 13.2 Å². The van der Waals surface area contributed by atoms with Crippen molar-refractivity contribution in [1.29, 1.82) is 0 Å². The van der Waals surface area contributed by atoms with E-state index in [2.05, 4.69) is 12.2 Å². The number of hydrogen-bond donors (Lipinski definition) is 1. The Hall–Kier alpha value is -1.72. The van der Waals surface area contributed by atoms with E-state index in [1.165, 1.54) is 12.1 Å². The Balaban J connectivity index is 2.01. The lowest BCUT2D eigenvalue weighted by Crippen LogP contribution is -2.40. The van der Waals surface area contributed by atoms with Gasteiger partial charge in [-0.15, -0.1) is 0 Å². The molecule has 1 fully saturated rings. The monoisotopic (exact) mass is 286 g/mol. The number of nitrogens with one attached hydrogen (secondary N) is 1. The van der Waals surface area contributed by atoms with Gasteiger partial charge in [-0.05, 0) is 37.0 Å². The number of piperidine rings is 1. The quantitative estimate of drug-likeness (QED) is 0.832. The third-order valence-electron chi connectivity index (χ3n) is 3.51. The lowest BCUT2D eigenvalue weighted by Gasteiger charge is -2.30. The van der Waals surface area contributed by atoms with Crippen LogP contribution < -0.4 is 5.32 Å². The minimum absolute atomic E-state index is 0.170. The average molecular weight is 286 g/mol. The second-order valence-electron chi connectivity index (χ2n) is 5.18. The fourth-order valence-corrected chi connectivity index (χ4v) is 2.19. The minimum Gasteiger partial charge on any atom is -0.325 e. The molecule has 1 heterocycles. The number of benzene rings is 1. The van der Waals surface area contributed by atoms with E-state index in [1.807, 2.05) is 0 Å². The van der Waals surface area contributed by atoms with Crippen LogP contribution in [0.1, 0.15) is 25.3 Å². The summed E-state index contributed by atoms with van der Waals surface area (Å²) in [5.74, 6) is 0.590. The molecule has 3 nitrogen and oxygen atoms in total. The molecule has 0 aliphatic carbocycles. The van der Waals surface area contributed by atoms with Crippen molar-refractivity contribution in [2.45, 2.75) is 25.9 Å². The van der Waals surface area contributed by atoms with Crippen molar-refractivity contribution in [2.24, 2.45) is 5.92 Å². The van der Waals surface area contributed by atoms with Gasteiger partial charge in [0.05, 0.1) is 5.56 Å². The molecule has 0 saturated carbocycles. The molecule has 0 unspecified atom stereocenters. The van der Waals surface area contributed by atoms with Crippen molar-refractivity contribution in [2.75, 3.05) is 18.4 Å². The first-order valence-corrected chi connectivity index (χ1v) is 6.59. The molecule has 0 bridgehead atoms. The molecule has 0 radical (unpaired) electrons. The lowest BCUT2D eigenvalue weighted by molar-refractivity contribution is -0.137. The number of alkyl halides is 3. The molecule has 20 heavy (non-hydrogen) atoms. The van der Waals surface area contributed by atoms with Crippen molar-refractivity contribution in [3.05, 3.63) is 29.8 Å². The van der Waals surface area contributed by atoms with Crippen molar-refractivity contribution >= 4 is 11.7 Å². The second kappa shape index (κ2) is 5.73. The number of urea groups is 1. The maximum absolute atomic E-state index is 12.6. The molecule has 1 saturated heterocycles. The molecule has 0 aromatic heterocycles. The standard InChI is InChI=1S/C14H17F3N2O/c1-10-5-7-19(8-6-10)13(20)18-12-4-2-3-11(9-12)14(15,16)17/h2-4,9-10H,5-8H2,1H3,(H,18,20). The first-order chi connectivity index (χ1) is 9.36. The molecule has 2 rings (SSSR count). The van der Waals surface area contributed by atoms with Crippen LogP contribution in [0.15, 0.2) is 24.3 Å². The van der Waals surface area contributed by atoms with Crippen LogP contribution in [-0.2, 0) is 6.18 Å². The molecule has 0 atom stereocenters. The van der Waals surface area contributed by atoms with E-state index in [-0.39, 0.29) is 11.7 Å². The van der Waals surface area contributed by atoms with Crippen LogP contribution >= 0.6 is 0 Å². The predicted molar refractivity (Wildman–Crippen MR) is 70.4 cm³/mol. The Labute approximate surface area is 115 Å². The lowest BCUT2D eigenvalue weighted by atomic mass is 10.00. The molecular formula is C14H17F3N2O. The summed E-state index contributed by atoms with van der Waals surface area (Å²) in [6.45, 7) is 3.42. The Morgan fingerprint density at radius 3 is 2.55 bits per heavy atom. The third-order valence-corrected chi connectivity index (χ3v) is 3.51. The van der Waals surface area contributed by atoms with Crippen LogP contribution in [0, 0.1) is 5.92 Å². The van der Waals surface area contributed by atoms with Gasteiger partial charge in [0.1, 0.15) is 0 Å². The number of carbonyl (C=O) groups is 1. The smallest absolute Gasteiger partial charge is 0.325 e. The Bertz CT molecular complexity index is 480. The van der Waals surface area contributed by atoms with Gasteiger partial charge in [0, 0.05) is 18.8 Å². The maximum atomic E-state index is 12.6. The summed E-state index contributed by atoms with van der Waals surface area (Å²) in [6.07, 6.45) is -2.55. The fourth-order valence-electron chi connectivity index (χ4n) is 2.19. The Morgan fingerprint density at radius 1 is 1.30 bits per heavy atom. The number of rotatable bonds is 1. The van der Waals surface area contributed by atoms with Gasteiger partial charge in [-0.25, -0.2) is 4.79 Å². The van der Waals surface area contributed by atoms with Crippen LogP contribution in [0.4, 0.5) is 23.7 Å². The SMILES string of the molecule is CC1CCN(C(=O)Nc2cccc(C(F)(F)F)c2)CC1. The zero-order valence-corrected chi connectivity index (χ0v) is 11.2. The molecule has 1 aliphatic rings. The van der Waals surface area contributed by atoms with Gasteiger partial charge in [0.2, 0.25) is 0 Å². The number of anilines is 1. The third kappa shape index (κ3) is 3.65. The van der Waals surface area contributed by atoms with E-state index in [0.717, 1.165) is 25.0 Å². The van der Waals surface area contributed by atoms with Gasteiger partial charge in [-0.3, -0.25) is 0 Å². The molecule has 1 aliphatic heterocycles. The predicted octanol–water partition coefficient (Wildman–Crippen LogP) is 3.97. The van der Waals surface area contributed by atoms with Gasteiger partial charge >= 0.3 is 12.2 Å². The van der Waals surface area contributed by atoms with E-state index in [1.54, 1.807) is 4.90 Å². The number of amides is 2.